The van der Waals surface area contributed by atoms with Gasteiger partial charge in [0.25, 0.3) is 0 Å². The van der Waals surface area contributed by atoms with Crippen LogP contribution in [0.4, 0.5) is 0 Å². The Kier molecular flexibility index (Phi) is 8.15. The van der Waals surface area contributed by atoms with Crippen LogP contribution in [0.2, 0.25) is 0 Å². The third-order valence-corrected chi connectivity index (χ3v) is 6.02. The normalized spacial score (nSPS) is 28.6. The first-order chi connectivity index (χ1) is 12.8. The largest absolute Gasteiger partial charge is 0.512 e. The van der Waals surface area contributed by atoms with Crippen molar-refractivity contribution in [3.8, 4) is 0 Å². The van der Waals surface area contributed by atoms with Crippen molar-refractivity contribution in [3.05, 3.63) is 35.1 Å². The Balaban J connectivity index is 1.87. The molecule has 2 aliphatic carbocycles. The summed E-state index contributed by atoms with van der Waals surface area (Å²) in [7, 11) is 0. The zero-order valence-corrected chi connectivity index (χ0v) is 17.0. The summed E-state index contributed by atoms with van der Waals surface area (Å²) in [6.07, 6.45) is 12.2. The van der Waals surface area contributed by atoms with Crippen molar-refractivity contribution >= 4 is 5.97 Å². The van der Waals surface area contributed by atoms with Gasteiger partial charge in [0.15, 0.2) is 0 Å². The highest BCUT2D eigenvalue weighted by atomic mass is 16.4. The van der Waals surface area contributed by atoms with Crippen molar-refractivity contribution in [1.29, 1.82) is 0 Å². The van der Waals surface area contributed by atoms with Crippen LogP contribution < -0.4 is 0 Å². The summed E-state index contributed by atoms with van der Waals surface area (Å²) < 4.78 is 0. The molecule has 0 heterocycles. The lowest BCUT2D eigenvalue weighted by molar-refractivity contribution is -0.137. The number of hydrogen-bond acceptors (Lipinski definition) is 3. The highest BCUT2D eigenvalue weighted by Gasteiger charge is 2.46. The summed E-state index contributed by atoms with van der Waals surface area (Å²) in [6, 6.07) is 0. The van der Waals surface area contributed by atoms with Crippen molar-refractivity contribution in [2.24, 2.45) is 23.7 Å². The first-order valence-corrected chi connectivity index (χ1v) is 10.4. The van der Waals surface area contributed by atoms with Crippen molar-refractivity contribution in [1.82, 2.24) is 0 Å². The number of unbranched alkanes of at least 4 members (excludes halogenated alkanes) is 1. The van der Waals surface area contributed by atoms with Gasteiger partial charge in [0, 0.05) is 12.3 Å². The second-order valence-corrected chi connectivity index (χ2v) is 8.77. The number of aliphatic hydroxyl groups excluding tert-OH is 2. The van der Waals surface area contributed by atoms with Crippen LogP contribution in [0.25, 0.3) is 0 Å². The molecule has 5 atom stereocenters. The number of hydrogen-bond donors (Lipinski definition) is 3. The van der Waals surface area contributed by atoms with E-state index in [1.54, 1.807) is 0 Å². The molecule has 0 bridgehead atoms. The van der Waals surface area contributed by atoms with Crippen LogP contribution in [-0.2, 0) is 4.79 Å². The van der Waals surface area contributed by atoms with Crippen LogP contribution in [0.1, 0.15) is 72.1 Å². The Labute approximate surface area is 163 Å². The molecule has 3 N–H and O–H groups in total. The second-order valence-electron chi connectivity index (χ2n) is 8.77. The molecule has 27 heavy (non-hydrogen) atoms. The Bertz CT molecular complexity index is 597. The van der Waals surface area contributed by atoms with Crippen LogP contribution in [-0.4, -0.2) is 27.4 Å². The number of aliphatic carboxylic acids is 1. The second kappa shape index (κ2) is 10.1. The lowest BCUT2D eigenvalue weighted by Crippen LogP contribution is -2.22. The SMILES string of the molecule is CC(C)=CCC(C)CC=C(O)[C@H]1[C@@H]2CC(CCCCC(=O)O)=C[C@@H]2C[C@@H]1O. The molecule has 2 rings (SSSR count). The monoisotopic (exact) mass is 376 g/mol. The van der Waals surface area contributed by atoms with E-state index in [2.05, 4.69) is 32.9 Å². The van der Waals surface area contributed by atoms with Gasteiger partial charge in [-0.1, -0.05) is 30.2 Å². The van der Waals surface area contributed by atoms with E-state index in [-0.39, 0.29) is 12.3 Å². The number of carboxylic acid groups (broad SMARTS) is 1. The predicted octanol–water partition coefficient (Wildman–Crippen LogP) is 5.40. The molecule has 1 saturated carbocycles. The first-order valence-electron chi connectivity index (χ1n) is 10.4. The summed E-state index contributed by atoms with van der Waals surface area (Å²) in [5, 5.41) is 29.8. The lowest BCUT2D eigenvalue weighted by atomic mass is 9.87. The highest BCUT2D eigenvalue weighted by molar-refractivity contribution is 5.66. The lowest BCUT2D eigenvalue weighted by Gasteiger charge is -2.22. The summed E-state index contributed by atoms with van der Waals surface area (Å²) in [5.41, 5.74) is 2.69. The molecule has 2 aliphatic rings. The van der Waals surface area contributed by atoms with Crippen LogP contribution in [0, 0.1) is 23.7 Å². The average Bonchev–Trinajstić information content (AvgIpc) is 3.10. The maximum absolute atomic E-state index is 10.7. The van der Waals surface area contributed by atoms with Crippen molar-refractivity contribution < 1.29 is 20.1 Å². The topological polar surface area (TPSA) is 77.8 Å². The van der Waals surface area contributed by atoms with E-state index < -0.39 is 12.1 Å². The van der Waals surface area contributed by atoms with Gasteiger partial charge in [0.2, 0.25) is 0 Å². The van der Waals surface area contributed by atoms with Gasteiger partial charge in [-0.3, -0.25) is 4.79 Å². The number of fused-ring (bicyclic) bond motifs is 1. The number of carbonyl (C=O) groups is 1. The Morgan fingerprint density at radius 3 is 2.59 bits per heavy atom. The van der Waals surface area contributed by atoms with Gasteiger partial charge in [-0.05, 0) is 82.6 Å². The number of allylic oxidation sites excluding steroid dienone is 5. The zero-order valence-electron chi connectivity index (χ0n) is 17.0. The Hall–Kier alpha value is -1.55. The maximum Gasteiger partial charge on any atom is 0.303 e. The van der Waals surface area contributed by atoms with Crippen LogP contribution in [0.15, 0.2) is 35.1 Å². The third kappa shape index (κ3) is 6.53. The van der Waals surface area contributed by atoms with Crippen molar-refractivity contribution in [2.75, 3.05) is 0 Å². The van der Waals surface area contributed by atoms with Gasteiger partial charge in [-0.2, -0.15) is 0 Å². The molecule has 0 radical (unpaired) electrons. The number of rotatable bonds is 10. The standard InChI is InChI=1S/C23H36O4/c1-15(2)8-9-16(3)10-11-20(24)23-19-13-17(6-4-5-7-22(26)27)12-18(19)14-21(23)25/h8,11-12,16,18-19,21,23-25H,4-7,9-10,13-14H2,1-3H3,(H,26,27)/t16?,18-,19-,21+,23-/m1/s1. The number of aliphatic hydroxyl groups is 2. The molecule has 0 aromatic rings. The summed E-state index contributed by atoms with van der Waals surface area (Å²) in [4.78, 5) is 10.6. The minimum absolute atomic E-state index is 0.154. The summed E-state index contributed by atoms with van der Waals surface area (Å²) in [5.74, 6) is 0.585. The van der Waals surface area contributed by atoms with Crippen LogP contribution in [0.3, 0.4) is 0 Å². The summed E-state index contributed by atoms with van der Waals surface area (Å²) >= 11 is 0. The molecule has 152 valence electrons. The smallest absolute Gasteiger partial charge is 0.303 e. The maximum atomic E-state index is 10.7. The molecule has 4 heteroatoms. The third-order valence-electron chi connectivity index (χ3n) is 6.02. The molecule has 0 spiro atoms. The van der Waals surface area contributed by atoms with Gasteiger partial charge >= 0.3 is 5.97 Å². The molecule has 1 unspecified atom stereocenters. The van der Waals surface area contributed by atoms with E-state index in [0.29, 0.717) is 29.9 Å². The summed E-state index contributed by atoms with van der Waals surface area (Å²) in [6.45, 7) is 6.38. The van der Waals surface area contributed by atoms with E-state index >= 15 is 0 Å². The Morgan fingerprint density at radius 1 is 1.22 bits per heavy atom. The minimum atomic E-state index is -0.732. The molecular formula is C23H36O4. The fourth-order valence-electron chi connectivity index (χ4n) is 4.52. The van der Waals surface area contributed by atoms with Gasteiger partial charge in [0.1, 0.15) is 0 Å². The number of carboxylic acids is 1. The molecule has 0 aromatic carbocycles. The van der Waals surface area contributed by atoms with Gasteiger partial charge < -0.3 is 15.3 Å². The molecule has 0 aliphatic heterocycles. The van der Waals surface area contributed by atoms with Crippen molar-refractivity contribution in [3.63, 3.8) is 0 Å². The van der Waals surface area contributed by atoms with E-state index in [9.17, 15) is 15.0 Å². The highest BCUT2D eigenvalue weighted by Crippen LogP contribution is 2.49. The first kappa shape index (κ1) is 21.7. The van der Waals surface area contributed by atoms with Crippen LogP contribution in [0.5, 0.6) is 0 Å². The van der Waals surface area contributed by atoms with Crippen molar-refractivity contribution in [2.45, 2.75) is 78.2 Å². The zero-order chi connectivity index (χ0) is 20.0. The molecule has 0 amide bonds. The molecule has 4 nitrogen and oxygen atoms in total. The van der Waals surface area contributed by atoms with Crippen LogP contribution >= 0.6 is 0 Å². The predicted molar refractivity (Wildman–Crippen MR) is 108 cm³/mol. The molecule has 0 saturated heterocycles. The Morgan fingerprint density at radius 2 is 1.93 bits per heavy atom. The molecule has 0 aromatic heterocycles. The molecular weight excluding hydrogens is 340 g/mol. The quantitative estimate of drug-likeness (QED) is 0.271. The fourth-order valence-corrected chi connectivity index (χ4v) is 4.52. The van der Waals surface area contributed by atoms with Gasteiger partial charge in [-0.15, -0.1) is 0 Å². The van der Waals surface area contributed by atoms with E-state index in [0.717, 1.165) is 38.5 Å². The van der Waals surface area contributed by atoms with E-state index in [1.165, 1.54) is 11.1 Å². The molecule has 1 fully saturated rings. The minimum Gasteiger partial charge on any atom is -0.512 e. The van der Waals surface area contributed by atoms with E-state index in [4.69, 9.17) is 5.11 Å². The van der Waals surface area contributed by atoms with Gasteiger partial charge in [-0.25, -0.2) is 0 Å². The fraction of sp³-hybridized carbons (Fsp3) is 0.696. The average molecular weight is 377 g/mol. The van der Waals surface area contributed by atoms with E-state index in [1.807, 2.05) is 6.08 Å². The van der Waals surface area contributed by atoms with Gasteiger partial charge in [0.05, 0.1) is 11.9 Å².